The number of imidazole rings is 1. The van der Waals surface area contributed by atoms with Gasteiger partial charge in [0.15, 0.2) is 0 Å². The number of nitrogens with zero attached hydrogens (tertiary/aromatic N) is 2. The van der Waals surface area contributed by atoms with Crippen LogP contribution in [0.5, 0.6) is 5.75 Å². The van der Waals surface area contributed by atoms with Crippen molar-refractivity contribution in [2.24, 2.45) is 0 Å². The first-order chi connectivity index (χ1) is 17.4. The maximum atomic E-state index is 14.6. The number of methoxy groups -OCH3 is 1. The number of hydrogen-bond acceptors (Lipinski definition) is 4. The van der Waals surface area contributed by atoms with Gasteiger partial charge >= 0.3 is 0 Å². The molecule has 2 amide bonds. The first-order valence-corrected chi connectivity index (χ1v) is 12.4. The lowest BCUT2D eigenvalue weighted by atomic mass is 9.84. The zero-order chi connectivity index (χ0) is 25.3. The molecule has 0 spiro atoms. The molecule has 2 atom stereocenters. The van der Waals surface area contributed by atoms with Crippen LogP contribution in [0.2, 0.25) is 0 Å². The van der Waals surface area contributed by atoms with Gasteiger partial charge in [0.2, 0.25) is 11.8 Å². The maximum Gasteiger partial charge on any atom is 0.223 e. The third-order valence-electron chi connectivity index (χ3n) is 7.44. The highest BCUT2D eigenvalue weighted by atomic mass is 19.1. The van der Waals surface area contributed by atoms with Crippen molar-refractivity contribution >= 4 is 22.8 Å². The van der Waals surface area contributed by atoms with E-state index in [1.165, 1.54) is 25.3 Å². The normalized spacial score (nSPS) is 22.1. The molecule has 0 radical (unpaired) electrons. The maximum absolute atomic E-state index is 14.6. The van der Waals surface area contributed by atoms with Crippen molar-refractivity contribution < 1.29 is 23.1 Å². The van der Waals surface area contributed by atoms with Gasteiger partial charge in [-0.25, -0.2) is 13.8 Å². The second-order valence-corrected chi connectivity index (χ2v) is 9.84. The van der Waals surface area contributed by atoms with Crippen LogP contribution in [0.4, 0.5) is 8.78 Å². The fourth-order valence-corrected chi connectivity index (χ4v) is 5.52. The molecular weight excluding hydrogens is 466 g/mol. The largest absolute Gasteiger partial charge is 0.497 e. The Balaban J connectivity index is 1.33. The molecule has 5 rings (SSSR count). The lowest BCUT2D eigenvalue weighted by Gasteiger charge is -2.36. The van der Waals surface area contributed by atoms with Gasteiger partial charge < -0.3 is 19.9 Å². The van der Waals surface area contributed by atoms with Crippen LogP contribution in [0, 0.1) is 11.6 Å². The Labute approximate surface area is 208 Å². The summed E-state index contributed by atoms with van der Waals surface area (Å²) in [7, 11) is 1.52. The average molecular weight is 497 g/mol. The highest BCUT2D eigenvalue weighted by Crippen LogP contribution is 2.35. The molecule has 2 saturated heterocycles. The summed E-state index contributed by atoms with van der Waals surface area (Å²) in [6, 6.07) is 8.76. The van der Waals surface area contributed by atoms with Gasteiger partial charge in [0.25, 0.3) is 0 Å². The molecule has 2 fully saturated rings. The van der Waals surface area contributed by atoms with E-state index in [1.807, 2.05) is 4.90 Å². The van der Waals surface area contributed by atoms with E-state index in [0.717, 1.165) is 19.3 Å². The van der Waals surface area contributed by atoms with Crippen molar-refractivity contribution in [3.63, 3.8) is 0 Å². The second kappa shape index (κ2) is 9.87. The summed E-state index contributed by atoms with van der Waals surface area (Å²) in [6.07, 6.45) is 4.43. The number of carbonyl (C=O) groups is 2. The molecule has 9 heteroatoms. The molecule has 190 valence electrons. The molecule has 2 aliphatic rings. The van der Waals surface area contributed by atoms with Crippen LogP contribution in [-0.4, -0.2) is 45.9 Å². The molecular formula is C27H30F2N4O3. The zero-order valence-corrected chi connectivity index (χ0v) is 20.3. The van der Waals surface area contributed by atoms with E-state index in [1.54, 1.807) is 18.2 Å². The fourth-order valence-electron chi connectivity index (χ4n) is 5.52. The minimum Gasteiger partial charge on any atom is -0.497 e. The number of fused-ring (bicyclic) bond motifs is 1. The number of H-pyrrole nitrogens is 1. The van der Waals surface area contributed by atoms with Crippen LogP contribution in [0.25, 0.3) is 11.0 Å². The molecule has 36 heavy (non-hydrogen) atoms. The molecule has 2 N–H and O–H groups in total. The highest BCUT2D eigenvalue weighted by molar-refractivity contribution is 5.81. The Kier molecular flexibility index (Phi) is 6.64. The number of ether oxygens (including phenoxy) is 1. The summed E-state index contributed by atoms with van der Waals surface area (Å²) in [4.78, 5) is 35.3. The Morgan fingerprint density at radius 3 is 2.86 bits per heavy atom. The minimum atomic E-state index is -0.692. The number of benzene rings is 2. The molecule has 3 heterocycles. The molecule has 2 aromatic carbocycles. The van der Waals surface area contributed by atoms with Crippen molar-refractivity contribution in [1.29, 1.82) is 0 Å². The van der Waals surface area contributed by atoms with Crippen LogP contribution in [0.15, 0.2) is 36.4 Å². The lowest BCUT2D eigenvalue weighted by Crippen LogP contribution is -2.46. The molecule has 0 aliphatic carbocycles. The predicted molar refractivity (Wildman–Crippen MR) is 130 cm³/mol. The van der Waals surface area contributed by atoms with E-state index in [2.05, 4.69) is 15.3 Å². The third-order valence-corrected chi connectivity index (χ3v) is 7.44. The monoisotopic (exact) mass is 496 g/mol. The fraction of sp³-hybridized carbons (Fsp3) is 0.444. The van der Waals surface area contributed by atoms with Gasteiger partial charge in [0.1, 0.15) is 23.2 Å². The standard InChI is InChI=1S/C27H30F2N4O3/c1-36-19-6-7-20(29)17(14-19)16-27(11-9-24(34)32-27)12-10-25(35)33-13-3-2-4-23(33)26-30-21-8-5-18(28)15-22(21)31-26/h5-8,14-15,23H,2-4,9-13,16H2,1H3,(H,30,31)(H,32,34). The number of likely N-dealkylation sites (tertiary alicyclic amines) is 1. The Morgan fingerprint density at radius 2 is 2.08 bits per heavy atom. The number of rotatable bonds is 7. The van der Waals surface area contributed by atoms with E-state index in [4.69, 9.17) is 4.74 Å². The number of hydrogen-bond donors (Lipinski definition) is 2. The molecule has 3 aromatic rings. The summed E-state index contributed by atoms with van der Waals surface area (Å²) < 4.78 is 33.5. The predicted octanol–water partition coefficient (Wildman–Crippen LogP) is 4.58. The lowest BCUT2D eigenvalue weighted by molar-refractivity contribution is -0.136. The second-order valence-electron chi connectivity index (χ2n) is 9.84. The Morgan fingerprint density at radius 1 is 1.22 bits per heavy atom. The smallest absolute Gasteiger partial charge is 0.223 e. The summed E-state index contributed by atoms with van der Waals surface area (Å²) >= 11 is 0. The van der Waals surface area contributed by atoms with Crippen molar-refractivity contribution in [3.8, 4) is 5.75 Å². The molecule has 0 bridgehead atoms. The minimum absolute atomic E-state index is 0.0297. The van der Waals surface area contributed by atoms with Crippen molar-refractivity contribution in [3.05, 3.63) is 59.4 Å². The number of nitrogens with one attached hydrogen (secondary N) is 2. The van der Waals surface area contributed by atoms with E-state index in [0.29, 0.717) is 54.0 Å². The topological polar surface area (TPSA) is 87.3 Å². The quantitative estimate of drug-likeness (QED) is 0.502. The summed E-state index contributed by atoms with van der Waals surface area (Å²) in [5.41, 5.74) is 1.03. The summed E-state index contributed by atoms with van der Waals surface area (Å²) in [5.74, 6) is 0.384. The van der Waals surface area contributed by atoms with E-state index in [9.17, 15) is 18.4 Å². The van der Waals surface area contributed by atoms with Crippen LogP contribution >= 0.6 is 0 Å². The molecule has 0 saturated carbocycles. The van der Waals surface area contributed by atoms with Crippen molar-refractivity contribution in [1.82, 2.24) is 20.2 Å². The molecule has 7 nitrogen and oxygen atoms in total. The molecule has 2 unspecified atom stereocenters. The van der Waals surface area contributed by atoms with Gasteiger partial charge in [0.05, 0.1) is 24.2 Å². The van der Waals surface area contributed by atoms with Crippen LogP contribution in [0.1, 0.15) is 62.4 Å². The van der Waals surface area contributed by atoms with Gasteiger partial charge in [-0.05, 0) is 80.5 Å². The van der Waals surface area contributed by atoms with E-state index < -0.39 is 5.54 Å². The number of aromatic nitrogens is 2. The van der Waals surface area contributed by atoms with Gasteiger partial charge in [-0.15, -0.1) is 0 Å². The van der Waals surface area contributed by atoms with Crippen LogP contribution in [-0.2, 0) is 16.0 Å². The van der Waals surface area contributed by atoms with Gasteiger partial charge in [-0.2, -0.15) is 0 Å². The van der Waals surface area contributed by atoms with E-state index >= 15 is 0 Å². The summed E-state index contributed by atoms with van der Waals surface area (Å²) in [6.45, 7) is 0.610. The van der Waals surface area contributed by atoms with Crippen LogP contribution in [0.3, 0.4) is 0 Å². The van der Waals surface area contributed by atoms with Gasteiger partial charge in [-0.1, -0.05) is 0 Å². The number of amides is 2. The third kappa shape index (κ3) is 4.92. The Hall–Kier alpha value is -3.49. The summed E-state index contributed by atoms with van der Waals surface area (Å²) in [5, 5.41) is 3.03. The number of piperidine rings is 1. The number of aromatic amines is 1. The number of carbonyl (C=O) groups excluding carboxylic acids is 2. The molecule has 1 aromatic heterocycles. The van der Waals surface area contributed by atoms with Gasteiger partial charge in [0, 0.05) is 24.9 Å². The Bertz CT molecular complexity index is 1290. The molecule has 2 aliphatic heterocycles. The van der Waals surface area contributed by atoms with E-state index in [-0.39, 0.29) is 42.3 Å². The van der Waals surface area contributed by atoms with Crippen LogP contribution < -0.4 is 10.1 Å². The number of halogens is 2. The highest BCUT2D eigenvalue weighted by Gasteiger charge is 2.40. The first kappa shape index (κ1) is 24.2. The SMILES string of the molecule is COc1ccc(F)c(CC2(CCC(=O)N3CCCCC3c3nc4ccc(F)cc4[nH]3)CCC(=O)N2)c1. The van der Waals surface area contributed by atoms with Crippen molar-refractivity contribution in [2.45, 2.75) is 62.9 Å². The van der Waals surface area contributed by atoms with Gasteiger partial charge in [-0.3, -0.25) is 9.59 Å². The average Bonchev–Trinajstić information content (AvgIpc) is 3.47. The van der Waals surface area contributed by atoms with Crippen molar-refractivity contribution in [2.75, 3.05) is 13.7 Å². The first-order valence-electron chi connectivity index (χ1n) is 12.4. The zero-order valence-electron chi connectivity index (χ0n) is 20.3.